The Labute approximate surface area is 217 Å². The molecule has 0 saturated heterocycles. The van der Waals surface area contributed by atoms with E-state index < -0.39 is 16.0 Å². The zero-order valence-corrected chi connectivity index (χ0v) is 21.4. The molecule has 0 amide bonds. The first-order chi connectivity index (χ1) is 17.7. The SMILES string of the molecule is COc1cc(-c2ccc(Cl)c(C)c2)c(F)cc1-n1c2c(ccc1=O)CN(S(=O)(=O)Nc1ccon1)CC2. The molecule has 0 saturated carbocycles. The zero-order chi connectivity index (χ0) is 26.3. The Morgan fingerprint density at radius 1 is 1.16 bits per heavy atom. The minimum absolute atomic E-state index is 0.00965. The van der Waals surface area contributed by atoms with Gasteiger partial charge in [0.05, 0.1) is 12.8 Å². The van der Waals surface area contributed by atoms with Crippen molar-refractivity contribution in [1.82, 2.24) is 14.0 Å². The van der Waals surface area contributed by atoms with Crippen molar-refractivity contribution in [1.29, 1.82) is 0 Å². The number of nitrogens with one attached hydrogen (secondary N) is 1. The number of pyridine rings is 1. The molecular weight excluding hydrogens is 523 g/mol. The molecule has 37 heavy (non-hydrogen) atoms. The van der Waals surface area contributed by atoms with E-state index in [2.05, 4.69) is 14.4 Å². The van der Waals surface area contributed by atoms with Crippen LogP contribution >= 0.6 is 11.6 Å². The Hall–Kier alpha value is -3.67. The number of hydrogen-bond acceptors (Lipinski definition) is 6. The van der Waals surface area contributed by atoms with Crippen molar-refractivity contribution in [3.05, 3.63) is 92.8 Å². The number of nitrogens with zero attached hydrogens (tertiary/aromatic N) is 3. The molecule has 0 radical (unpaired) electrons. The highest BCUT2D eigenvalue weighted by Gasteiger charge is 2.30. The minimum Gasteiger partial charge on any atom is -0.495 e. The smallest absolute Gasteiger partial charge is 0.303 e. The Bertz CT molecular complexity index is 1650. The molecule has 3 heterocycles. The third kappa shape index (κ3) is 4.73. The maximum atomic E-state index is 15.4. The van der Waals surface area contributed by atoms with Crippen LogP contribution in [0, 0.1) is 12.7 Å². The van der Waals surface area contributed by atoms with Crippen molar-refractivity contribution < 1.29 is 22.1 Å². The molecule has 4 aromatic rings. The number of hydrogen-bond donors (Lipinski definition) is 1. The number of anilines is 1. The number of rotatable bonds is 6. The molecule has 2 aromatic carbocycles. The molecule has 5 rings (SSSR count). The number of aromatic nitrogens is 2. The number of fused-ring (bicyclic) bond motifs is 1. The third-order valence-corrected chi connectivity index (χ3v) is 8.11. The van der Waals surface area contributed by atoms with Crippen molar-refractivity contribution in [3.63, 3.8) is 0 Å². The highest BCUT2D eigenvalue weighted by Crippen LogP contribution is 2.35. The summed E-state index contributed by atoms with van der Waals surface area (Å²) in [4.78, 5) is 13.0. The summed E-state index contributed by atoms with van der Waals surface area (Å²) >= 11 is 6.12. The molecule has 9 nitrogen and oxygen atoms in total. The van der Waals surface area contributed by atoms with E-state index in [9.17, 15) is 13.2 Å². The highest BCUT2D eigenvalue weighted by molar-refractivity contribution is 7.90. The predicted octanol–water partition coefficient (Wildman–Crippen LogP) is 4.32. The van der Waals surface area contributed by atoms with Gasteiger partial charge in [0.25, 0.3) is 5.56 Å². The number of benzene rings is 2. The summed E-state index contributed by atoms with van der Waals surface area (Å²) in [7, 11) is -2.48. The van der Waals surface area contributed by atoms with Crippen molar-refractivity contribution in [2.45, 2.75) is 19.9 Å². The van der Waals surface area contributed by atoms with Gasteiger partial charge in [-0.25, -0.2) is 4.39 Å². The first-order valence-electron chi connectivity index (χ1n) is 11.2. The van der Waals surface area contributed by atoms with Crippen LogP contribution in [0.25, 0.3) is 16.8 Å². The summed E-state index contributed by atoms with van der Waals surface area (Å²) in [6.07, 6.45) is 1.47. The summed E-state index contributed by atoms with van der Waals surface area (Å²) in [6.45, 7) is 1.93. The second kappa shape index (κ2) is 9.66. The molecule has 2 aromatic heterocycles. The van der Waals surface area contributed by atoms with Gasteiger partial charge in [0.1, 0.15) is 17.8 Å². The topological polar surface area (TPSA) is 107 Å². The molecule has 0 fully saturated rings. The van der Waals surface area contributed by atoms with Crippen LogP contribution in [0.3, 0.4) is 0 Å². The zero-order valence-electron chi connectivity index (χ0n) is 19.9. The van der Waals surface area contributed by atoms with Gasteiger partial charge in [0.15, 0.2) is 5.82 Å². The number of halogens is 2. The fraction of sp³-hybridized carbons (Fsp3) is 0.200. The Balaban J connectivity index is 1.54. The quantitative estimate of drug-likeness (QED) is 0.387. The van der Waals surface area contributed by atoms with Crippen LogP contribution in [-0.2, 0) is 23.2 Å². The Morgan fingerprint density at radius 3 is 2.68 bits per heavy atom. The molecule has 12 heteroatoms. The Morgan fingerprint density at radius 2 is 1.97 bits per heavy atom. The summed E-state index contributed by atoms with van der Waals surface area (Å²) in [5.41, 5.74) is 2.75. The highest BCUT2D eigenvalue weighted by atomic mass is 35.5. The fourth-order valence-corrected chi connectivity index (χ4v) is 5.64. The van der Waals surface area contributed by atoms with Crippen LogP contribution in [0.4, 0.5) is 10.2 Å². The van der Waals surface area contributed by atoms with E-state index >= 15 is 4.39 Å². The van der Waals surface area contributed by atoms with Gasteiger partial charge in [-0.05, 0) is 41.8 Å². The van der Waals surface area contributed by atoms with Crippen molar-refractivity contribution in [2.75, 3.05) is 18.4 Å². The van der Waals surface area contributed by atoms with E-state index in [1.807, 2.05) is 6.92 Å². The normalized spacial score (nSPS) is 13.8. The van der Waals surface area contributed by atoms with Gasteiger partial charge in [0.2, 0.25) is 0 Å². The summed E-state index contributed by atoms with van der Waals surface area (Å²) < 4.78 is 56.3. The van der Waals surface area contributed by atoms with Crippen LogP contribution < -0.4 is 15.0 Å². The lowest BCUT2D eigenvalue weighted by molar-refractivity contribution is 0.384. The van der Waals surface area contributed by atoms with E-state index in [-0.39, 0.29) is 36.6 Å². The largest absolute Gasteiger partial charge is 0.495 e. The molecule has 1 N–H and O–H groups in total. The van der Waals surface area contributed by atoms with E-state index in [0.29, 0.717) is 33.2 Å². The summed E-state index contributed by atoms with van der Waals surface area (Å²) in [5.74, 6) is -0.187. The van der Waals surface area contributed by atoms with E-state index in [0.717, 1.165) is 5.56 Å². The molecule has 1 aliphatic heterocycles. The summed E-state index contributed by atoms with van der Waals surface area (Å²) in [5, 5.41) is 4.15. The van der Waals surface area contributed by atoms with E-state index in [1.165, 1.54) is 40.4 Å². The number of aryl methyl sites for hydroxylation is 1. The minimum atomic E-state index is -3.92. The first kappa shape index (κ1) is 25.0. The third-order valence-electron chi connectivity index (χ3n) is 6.22. The molecule has 0 spiro atoms. The number of methoxy groups -OCH3 is 1. The summed E-state index contributed by atoms with van der Waals surface area (Å²) in [6, 6.07) is 12.3. The van der Waals surface area contributed by atoms with Gasteiger partial charge in [-0.15, -0.1) is 0 Å². The van der Waals surface area contributed by atoms with E-state index in [4.69, 9.17) is 16.3 Å². The molecule has 0 bridgehead atoms. The van der Waals surface area contributed by atoms with Crippen molar-refractivity contribution >= 4 is 27.6 Å². The lowest BCUT2D eigenvalue weighted by Crippen LogP contribution is -2.41. The molecule has 192 valence electrons. The maximum absolute atomic E-state index is 15.4. The lowest BCUT2D eigenvalue weighted by Gasteiger charge is -2.30. The predicted molar refractivity (Wildman–Crippen MR) is 137 cm³/mol. The van der Waals surface area contributed by atoms with Gasteiger partial charge < -0.3 is 9.26 Å². The molecule has 1 aliphatic rings. The standard InChI is InChI=1S/C25H22ClFN4O5S/c1-15-11-16(3-5-19(15)26)18-12-23(35-2)22(13-20(18)27)31-21-7-9-30(14-17(21)4-6-25(31)32)37(33,34)29-24-8-10-36-28-24/h3-6,8,10-13H,7,9,14H2,1-2H3,(H,28,29). The lowest BCUT2D eigenvalue weighted by atomic mass is 10.0. The monoisotopic (exact) mass is 544 g/mol. The van der Waals surface area contributed by atoms with Crippen molar-refractivity contribution in [3.8, 4) is 22.6 Å². The van der Waals surface area contributed by atoms with E-state index in [1.54, 1.807) is 30.3 Å². The second-order valence-corrected chi connectivity index (χ2v) is 10.6. The van der Waals surface area contributed by atoms with Gasteiger partial charge in [-0.2, -0.15) is 12.7 Å². The fourth-order valence-electron chi connectivity index (χ4n) is 4.38. The van der Waals surface area contributed by atoms with Crippen LogP contribution in [-0.4, -0.2) is 36.1 Å². The first-order valence-corrected chi connectivity index (χ1v) is 13.1. The van der Waals surface area contributed by atoms with Crippen LogP contribution in [0.1, 0.15) is 16.8 Å². The van der Waals surface area contributed by atoms with Crippen LogP contribution in [0.2, 0.25) is 5.02 Å². The van der Waals surface area contributed by atoms with Crippen molar-refractivity contribution in [2.24, 2.45) is 0 Å². The molecule has 0 aliphatic carbocycles. The van der Waals surface area contributed by atoms with Gasteiger partial charge >= 0.3 is 10.2 Å². The Kier molecular flexibility index (Phi) is 6.52. The second-order valence-electron chi connectivity index (χ2n) is 8.52. The van der Waals surface area contributed by atoms with Gasteiger partial charge in [-0.1, -0.05) is 28.9 Å². The number of ether oxygens (including phenoxy) is 1. The molecule has 0 atom stereocenters. The van der Waals surface area contributed by atoms with Gasteiger partial charge in [-0.3, -0.25) is 14.1 Å². The molecular formula is C25H22ClFN4O5S. The average Bonchev–Trinajstić information content (AvgIpc) is 3.37. The average molecular weight is 545 g/mol. The van der Waals surface area contributed by atoms with Crippen LogP contribution in [0.5, 0.6) is 5.75 Å². The molecule has 0 unspecified atom stereocenters. The van der Waals surface area contributed by atoms with Gasteiger partial charge in [0, 0.05) is 54.0 Å². The van der Waals surface area contributed by atoms with Crippen LogP contribution in [0.15, 0.2) is 64.1 Å². The maximum Gasteiger partial charge on any atom is 0.303 e.